The van der Waals surface area contributed by atoms with Gasteiger partial charge < -0.3 is 19.5 Å². The van der Waals surface area contributed by atoms with Crippen LogP contribution in [0.4, 0.5) is 18.0 Å². The Morgan fingerprint density at radius 2 is 1.86 bits per heavy atom. The Morgan fingerprint density at radius 3 is 2.50 bits per heavy atom. The van der Waals surface area contributed by atoms with Crippen molar-refractivity contribution in [3.8, 4) is 0 Å². The predicted octanol–water partition coefficient (Wildman–Crippen LogP) is 4.01. The number of alkyl halides is 3. The molecule has 1 N–H and O–H groups in total. The topological polar surface area (TPSA) is 83.7 Å². The predicted molar refractivity (Wildman–Crippen MR) is 126 cm³/mol. The molecule has 8 nitrogen and oxygen atoms in total. The molecular formula is C25H38F3N5O3. The van der Waals surface area contributed by atoms with Gasteiger partial charge in [0.25, 0.3) is 5.92 Å². The normalized spacial score (nSPS) is 32.7. The van der Waals surface area contributed by atoms with Crippen LogP contribution in [0.3, 0.4) is 0 Å². The lowest BCUT2D eigenvalue weighted by atomic mass is 9.79. The number of halogens is 3. The van der Waals surface area contributed by atoms with Gasteiger partial charge in [-0.25, -0.2) is 18.0 Å². The summed E-state index contributed by atoms with van der Waals surface area (Å²) in [7, 11) is 0. The second kappa shape index (κ2) is 9.78. The summed E-state index contributed by atoms with van der Waals surface area (Å²) in [6, 6.07) is -1.86. The number of rotatable bonds is 6. The van der Waals surface area contributed by atoms with Crippen LogP contribution in [0.1, 0.15) is 83.3 Å². The molecule has 11 heteroatoms. The van der Waals surface area contributed by atoms with Gasteiger partial charge in [-0.15, -0.1) is 0 Å². The number of nitrogens with one attached hydrogen (secondary N) is 1. The zero-order valence-electron chi connectivity index (χ0n) is 21.4. The lowest BCUT2D eigenvalue weighted by Crippen LogP contribution is -2.61. The number of nitrogens with zero attached hydrogens (tertiary/aromatic N) is 4. The molecule has 2 aliphatic carbocycles. The fraction of sp³-hybridized carbons (Fsp3) is 0.880. The molecule has 202 valence electrons. The number of carbonyl (C=O) groups excluding carboxylic acids is 1. The van der Waals surface area contributed by atoms with E-state index >= 15 is 0 Å². The Bertz CT molecular complexity index is 932. The van der Waals surface area contributed by atoms with Crippen LogP contribution >= 0.6 is 0 Å². The van der Waals surface area contributed by atoms with E-state index in [1.54, 1.807) is 4.90 Å². The van der Waals surface area contributed by atoms with Gasteiger partial charge in [-0.2, -0.15) is 4.98 Å². The van der Waals surface area contributed by atoms with E-state index in [0.29, 0.717) is 56.5 Å². The van der Waals surface area contributed by atoms with Crippen molar-refractivity contribution in [1.29, 1.82) is 0 Å². The van der Waals surface area contributed by atoms with Crippen LogP contribution in [0, 0.1) is 0 Å². The van der Waals surface area contributed by atoms with Crippen LogP contribution in [-0.2, 0) is 10.2 Å². The summed E-state index contributed by atoms with van der Waals surface area (Å²) in [4.78, 5) is 21.2. The number of aromatic nitrogens is 2. The zero-order chi connectivity index (χ0) is 25.7. The highest BCUT2D eigenvalue weighted by molar-refractivity contribution is 5.75. The first-order valence-corrected chi connectivity index (χ1v) is 13.4. The monoisotopic (exact) mass is 513 g/mol. The summed E-state index contributed by atoms with van der Waals surface area (Å²) < 4.78 is 56.0. The Hall–Kier alpha value is -1.88. The molecule has 0 bridgehead atoms. The van der Waals surface area contributed by atoms with Crippen LogP contribution in [0.25, 0.3) is 0 Å². The molecule has 1 aromatic rings. The van der Waals surface area contributed by atoms with Gasteiger partial charge in [0.2, 0.25) is 5.89 Å². The van der Waals surface area contributed by atoms with Crippen molar-refractivity contribution in [2.45, 2.75) is 113 Å². The van der Waals surface area contributed by atoms with Gasteiger partial charge >= 0.3 is 6.03 Å². The number of hydrogen-bond acceptors (Lipinski definition) is 6. The van der Waals surface area contributed by atoms with Gasteiger partial charge in [0, 0.05) is 50.0 Å². The van der Waals surface area contributed by atoms with Crippen molar-refractivity contribution in [2.75, 3.05) is 26.2 Å². The quantitative estimate of drug-likeness (QED) is 0.619. The fourth-order valence-electron chi connectivity index (χ4n) is 5.64. The highest BCUT2D eigenvalue weighted by Crippen LogP contribution is 2.41. The van der Waals surface area contributed by atoms with Gasteiger partial charge in [0.1, 0.15) is 18.3 Å². The van der Waals surface area contributed by atoms with E-state index in [4.69, 9.17) is 9.26 Å². The average molecular weight is 514 g/mol. The second-order valence-corrected chi connectivity index (χ2v) is 11.6. The molecule has 5 rings (SSSR count). The Labute approximate surface area is 210 Å². The largest absolute Gasteiger partial charge is 0.368 e. The Kier molecular flexibility index (Phi) is 6.99. The molecule has 2 saturated heterocycles. The molecule has 4 fully saturated rings. The zero-order valence-corrected chi connectivity index (χ0v) is 21.4. The molecule has 2 saturated carbocycles. The number of ether oxygens (including phenoxy) is 1. The molecule has 36 heavy (non-hydrogen) atoms. The SMILES string of the molecule is CC(C)N1C[C@H](O[C@H]2CCCC(F)(F)[C@@H]2NC(=O)N2CCC(C)(c3noc(C4CC4)n3)CC2)[C@@H](F)C1. The molecular weight excluding hydrogens is 475 g/mol. The minimum atomic E-state index is -3.12. The summed E-state index contributed by atoms with van der Waals surface area (Å²) in [5, 5.41) is 6.75. The first-order valence-electron chi connectivity index (χ1n) is 13.4. The summed E-state index contributed by atoms with van der Waals surface area (Å²) in [6.07, 6.45) is 0.770. The summed E-state index contributed by atoms with van der Waals surface area (Å²) >= 11 is 0. The van der Waals surface area contributed by atoms with Crippen LogP contribution in [0.2, 0.25) is 0 Å². The highest BCUT2D eigenvalue weighted by Gasteiger charge is 2.51. The molecule has 2 amide bonds. The molecule has 0 radical (unpaired) electrons. The number of carbonyl (C=O) groups is 1. The summed E-state index contributed by atoms with van der Waals surface area (Å²) in [6.45, 7) is 7.40. The van der Waals surface area contributed by atoms with Gasteiger partial charge in [0.05, 0.1) is 6.10 Å². The van der Waals surface area contributed by atoms with Crippen LogP contribution in [-0.4, -0.2) is 88.5 Å². The standard InChI is InChI=1S/C25H38F3N5O3/c1-15(2)33-13-17(26)19(14-33)35-18-5-4-8-25(27,28)20(18)29-23(34)32-11-9-24(3,10-12-32)22-30-21(36-31-22)16-6-7-16/h15-20H,4-14H2,1-3H3,(H,29,34)/t17-,18-,19-,20+/m0/s1. The van der Waals surface area contributed by atoms with E-state index in [0.717, 1.165) is 12.8 Å². The molecule has 3 heterocycles. The maximum Gasteiger partial charge on any atom is 0.317 e. The van der Waals surface area contributed by atoms with Crippen LogP contribution in [0.5, 0.6) is 0 Å². The highest BCUT2D eigenvalue weighted by atomic mass is 19.3. The minimum Gasteiger partial charge on any atom is -0.368 e. The van der Waals surface area contributed by atoms with Gasteiger partial charge in [-0.3, -0.25) is 4.90 Å². The number of likely N-dealkylation sites (tertiary alicyclic amines) is 2. The summed E-state index contributed by atoms with van der Waals surface area (Å²) in [5.41, 5.74) is -0.325. The first-order chi connectivity index (χ1) is 17.1. The van der Waals surface area contributed by atoms with Crippen molar-refractivity contribution in [3.63, 3.8) is 0 Å². The first kappa shape index (κ1) is 25.8. The van der Waals surface area contributed by atoms with Gasteiger partial charge in [-0.05, 0) is 52.4 Å². The van der Waals surface area contributed by atoms with E-state index in [2.05, 4.69) is 22.4 Å². The number of urea groups is 1. The van der Waals surface area contributed by atoms with E-state index in [1.165, 1.54) is 0 Å². The molecule has 0 aromatic carbocycles. The van der Waals surface area contributed by atoms with Crippen molar-refractivity contribution < 1.29 is 27.2 Å². The Balaban J connectivity index is 1.20. The van der Waals surface area contributed by atoms with Crippen molar-refractivity contribution in [2.24, 2.45) is 0 Å². The van der Waals surface area contributed by atoms with E-state index in [9.17, 15) is 18.0 Å². The molecule has 1 aromatic heterocycles. The van der Waals surface area contributed by atoms with Gasteiger partial charge in [0.15, 0.2) is 5.82 Å². The van der Waals surface area contributed by atoms with E-state index in [1.807, 2.05) is 18.7 Å². The molecule has 0 spiro atoms. The van der Waals surface area contributed by atoms with Crippen LogP contribution in [0.15, 0.2) is 4.52 Å². The number of amides is 2. The molecule has 0 unspecified atom stereocenters. The number of hydrogen-bond donors (Lipinski definition) is 1. The van der Waals surface area contributed by atoms with E-state index < -0.39 is 36.4 Å². The molecule has 4 atom stereocenters. The van der Waals surface area contributed by atoms with Crippen LogP contribution < -0.4 is 5.32 Å². The lowest BCUT2D eigenvalue weighted by Gasteiger charge is -2.42. The maximum atomic E-state index is 15.0. The number of piperidine rings is 1. The molecule has 4 aliphatic rings. The van der Waals surface area contributed by atoms with Gasteiger partial charge in [-0.1, -0.05) is 12.1 Å². The van der Waals surface area contributed by atoms with Crippen molar-refractivity contribution in [1.82, 2.24) is 25.3 Å². The summed E-state index contributed by atoms with van der Waals surface area (Å²) in [5.74, 6) is -1.40. The van der Waals surface area contributed by atoms with Crippen molar-refractivity contribution >= 4 is 6.03 Å². The van der Waals surface area contributed by atoms with Crippen molar-refractivity contribution in [3.05, 3.63) is 11.7 Å². The van der Waals surface area contributed by atoms with E-state index in [-0.39, 0.29) is 30.8 Å². The third-order valence-corrected chi connectivity index (χ3v) is 8.47. The maximum absolute atomic E-state index is 15.0. The lowest BCUT2D eigenvalue weighted by molar-refractivity contribution is -0.144. The third kappa shape index (κ3) is 5.23. The smallest absolute Gasteiger partial charge is 0.317 e. The minimum absolute atomic E-state index is 0.151. The Morgan fingerprint density at radius 1 is 1.14 bits per heavy atom. The third-order valence-electron chi connectivity index (χ3n) is 8.47. The fourth-order valence-corrected chi connectivity index (χ4v) is 5.64. The average Bonchev–Trinajstić information content (AvgIpc) is 3.42. The second-order valence-electron chi connectivity index (χ2n) is 11.6. The molecule has 2 aliphatic heterocycles.